The van der Waals surface area contributed by atoms with Crippen molar-refractivity contribution >= 4 is 35.9 Å². The monoisotopic (exact) mass is 397 g/mol. The number of nitrogens with two attached hydrogens (primary N) is 1. The minimum atomic E-state index is -0.676. The molecule has 0 saturated carbocycles. The second-order valence-corrected chi connectivity index (χ2v) is 6.39. The molecule has 2 rings (SSSR count). The summed E-state index contributed by atoms with van der Waals surface area (Å²) >= 11 is 0. The van der Waals surface area contributed by atoms with E-state index in [1.807, 2.05) is 18.2 Å². The molecule has 5 N–H and O–H groups in total. The number of halogens is 1. The van der Waals surface area contributed by atoms with Crippen molar-refractivity contribution < 1.29 is 14.4 Å². The Kier molecular flexibility index (Phi) is 9.60. The number of piperidine rings is 1. The highest BCUT2D eigenvalue weighted by Crippen LogP contribution is 2.17. The molecule has 1 saturated heterocycles. The van der Waals surface area contributed by atoms with Gasteiger partial charge >= 0.3 is 6.03 Å². The maximum Gasteiger partial charge on any atom is 0.319 e. The fourth-order valence-electron chi connectivity index (χ4n) is 2.95. The van der Waals surface area contributed by atoms with Crippen LogP contribution in [0.2, 0.25) is 0 Å². The fraction of sp³-hybridized carbons (Fsp3) is 0.500. The predicted octanol–water partition coefficient (Wildman–Crippen LogP) is 0.932. The van der Waals surface area contributed by atoms with Gasteiger partial charge in [0, 0.05) is 31.9 Å². The molecule has 0 bridgehead atoms. The Hall–Kier alpha value is -2.32. The molecular weight excluding hydrogens is 370 g/mol. The minimum Gasteiger partial charge on any atom is -0.355 e. The number of nitrogens with zero attached hydrogens (tertiary/aromatic N) is 1. The summed E-state index contributed by atoms with van der Waals surface area (Å²) in [6, 6.07) is 7.89. The largest absolute Gasteiger partial charge is 0.355 e. The number of nitrogens with one attached hydrogen (secondary N) is 3. The van der Waals surface area contributed by atoms with Crippen molar-refractivity contribution in [1.29, 1.82) is 0 Å². The van der Waals surface area contributed by atoms with Crippen LogP contribution in [0.5, 0.6) is 0 Å². The number of benzene rings is 1. The normalized spacial score (nSPS) is 17.3. The average molecular weight is 398 g/mol. The van der Waals surface area contributed by atoms with Crippen LogP contribution in [-0.2, 0) is 9.59 Å². The molecule has 0 aliphatic carbocycles. The van der Waals surface area contributed by atoms with Crippen molar-refractivity contribution in [2.24, 2.45) is 11.7 Å². The van der Waals surface area contributed by atoms with Crippen LogP contribution in [0, 0.1) is 5.92 Å². The molecule has 0 aromatic heterocycles. The minimum absolute atomic E-state index is 0. The van der Waals surface area contributed by atoms with Crippen LogP contribution >= 0.6 is 12.4 Å². The summed E-state index contributed by atoms with van der Waals surface area (Å²) < 4.78 is 0. The van der Waals surface area contributed by atoms with Gasteiger partial charge in [0.1, 0.15) is 6.04 Å². The Morgan fingerprint density at radius 3 is 2.63 bits per heavy atom. The highest BCUT2D eigenvalue weighted by atomic mass is 35.5. The first-order valence-corrected chi connectivity index (χ1v) is 8.90. The van der Waals surface area contributed by atoms with Crippen LogP contribution in [0.25, 0.3) is 0 Å². The Bertz CT molecular complexity index is 629. The second-order valence-electron chi connectivity index (χ2n) is 6.39. The van der Waals surface area contributed by atoms with E-state index in [1.54, 1.807) is 24.0 Å². The number of hydrogen-bond donors (Lipinski definition) is 4. The van der Waals surface area contributed by atoms with E-state index in [4.69, 9.17) is 5.73 Å². The summed E-state index contributed by atoms with van der Waals surface area (Å²) in [6.07, 6.45) is 1.51. The van der Waals surface area contributed by atoms with Crippen molar-refractivity contribution in [2.45, 2.75) is 25.8 Å². The SMILES string of the molecule is CC(NC(=O)Nc1ccccc1)C(=O)N1CCCC(C(=O)NCCN)C1.Cl. The lowest BCUT2D eigenvalue weighted by molar-refractivity contribution is -0.137. The Morgan fingerprint density at radius 2 is 1.96 bits per heavy atom. The van der Waals surface area contributed by atoms with Crippen LogP contribution in [0.4, 0.5) is 10.5 Å². The molecule has 1 aromatic rings. The number of rotatable bonds is 6. The van der Waals surface area contributed by atoms with Crippen LogP contribution in [0.1, 0.15) is 19.8 Å². The van der Waals surface area contributed by atoms with Gasteiger partial charge in [0.25, 0.3) is 0 Å². The van der Waals surface area contributed by atoms with Crippen molar-refractivity contribution in [3.05, 3.63) is 30.3 Å². The van der Waals surface area contributed by atoms with Gasteiger partial charge in [-0.3, -0.25) is 9.59 Å². The number of anilines is 1. The molecule has 0 spiro atoms. The maximum atomic E-state index is 12.6. The number of likely N-dealkylation sites (tertiary alicyclic amines) is 1. The van der Waals surface area contributed by atoms with Crippen molar-refractivity contribution in [1.82, 2.24) is 15.5 Å². The van der Waals surface area contributed by atoms with Gasteiger partial charge in [-0.15, -0.1) is 12.4 Å². The summed E-state index contributed by atoms with van der Waals surface area (Å²) in [5, 5.41) is 8.10. The highest BCUT2D eigenvalue weighted by Gasteiger charge is 2.30. The fourth-order valence-corrected chi connectivity index (χ4v) is 2.95. The van der Waals surface area contributed by atoms with Gasteiger partial charge in [-0.2, -0.15) is 0 Å². The second kappa shape index (κ2) is 11.4. The first kappa shape index (κ1) is 22.7. The summed E-state index contributed by atoms with van der Waals surface area (Å²) in [4.78, 5) is 38.4. The molecule has 2 unspecified atom stereocenters. The third-order valence-electron chi connectivity index (χ3n) is 4.30. The molecule has 2 atom stereocenters. The number of carbonyl (C=O) groups is 3. The van der Waals surface area contributed by atoms with E-state index in [0.29, 0.717) is 31.9 Å². The average Bonchev–Trinajstić information content (AvgIpc) is 2.66. The third-order valence-corrected chi connectivity index (χ3v) is 4.30. The van der Waals surface area contributed by atoms with Crippen LogP contribution in [0.3, 0.4) is 0 Å². The zero-order chi connectivity index (χ0) is 18.9. The van der Waals surface area contributed by atoms with E-state index in [1.165, 1.54) is 0 Å². The molecule has 1 fully saturated rings. The highest BCUT2D eigenvalue weighted by molar-refractivity contribution is 5.93. The zero-order valence-electron chi connectivity index (χ0n) is 15.4. The lowest BCUT2D eigenvalue weighted by atomic mass is 9.96. The quantitative estimate of drug-likeness (QED) is 0.571. The number of carbonyl (C=O) groups excluding carboxylic acids is 3. The van der Waals surface area contributed by atoms with Gasteiger partial charge in [0.15, 0.2) is 0 Å². The van der Waals surface area contributed by atoms with Gasteiger partial charge in [-0.05, 0) is 31.9 Å². The summed E-state index contributed by atoms with van der Waals surface area (Å²) in [5.74, 6) is -0.496. The smallest absolute Gasteiger partial charge is 0.319 e. The Balaban J connectivity index is 0.00000364. The molecule has 1 aliphatic heterocycles. The van der Waals surface area contributed by atoms with Crippen molar-refractivity contribution in [3.8, 4) is 0 Å². The van der Waals surface area contributed by atoms with Crippen LogP contribution in [-0.4, -0.2) is 55.0 Å². The maximum absolute atomic E-state index is 12.6. The van der Waals surface area contributed by atoms with E-state index in [0.717, 1.165) is 12.8 Å². The van der Waals surface area contributed by atoms with Gasteiger partial charge in [-0.1, -0.05) is 18.2 Å². The van der Waals surface area contributed by atoms with Gasteiger partial charge in [0.2, 0.25) is 11.8 Å². The molecule has 1 aromatic carbocycles. The van der Waals surface area contributed by atoms with Gasteiger partial charge < -0.3 is 26.6 Å². The number of para-hydroxylation sites is 1. The van der Waals surface area contributed by atoms with Crippen molar-refractivity contribution in [2.75, 3.05) is 31.5 Å². The zero-order valence-corrected chi connectivity index (χ0v) is 16.3. The van der Waals surface area contributed by atoms with E-state index in [2.05, 4.69) is 16.0 Å². The molecule has 0 radical (unpaired) electrons. The summed E-state index contributed by atoms with van der Waals surface area (Å²) in [7, 11) is 0. The summed E-state index contributed by atoms with van der Waals surface area (Å²) in [5.41, 5.74) is 6.05. The predicted molar refractivity (Wildman–Crippen MR) is 107 cm³/mol. The molecule has 4 amide bonds. The topological polar surface area (TPSA) is 117 Å². The number of hydrogen-bond acceptors (Lipinski definition) is 4. The van der Waals surface area contributed by atoms with Gasteiger partial charge in [0.05, 0.1) is 5.92 Å². The standard InChI is InChI=1S/C18H27N5O3.ClH/c1-13(21-18(26)22-15-7-3-2-4-8-15)17(25)23-11-5-6-14(12-23)16(24)20-10-9-19;/h2-4,7-8,13-14H,5-6,9-12,19H2,1H3,(H,20,24)(H2,21,22,26);1H. The molecule has 1 aliphatic rings. The lowest BCUT2D eigenvalue weighted by Gasteiger charge is -2.33. The molecule has 150 valence electrons. The molecular formula is C18H28ClN5O3. The molecule has 8 nitrogen and oxygen atoms in total. The van der Waals surface area contributed by atoms with Crippen LogP contribution in [0.15, 0.2) is 30.3 Å². The van der Waals surface area contributed by atoms with E-state index in [-0.39, 0.29) is 30.1 Å². The van der Waals surface area contributed by atoms with Crippen LogP contribution < -0.4 is 21.7 Å². The summed E-state index contributed by atoms with van der Waals surface area (Å²) in [6.45, 7) is 3.41. The van der Waals surface area contributed by atoms with E-state index in [9.17, 15) is 14.4 Å². The van der Waals surface area contributed by atoms with E-state index < -0.39 is 12.1 Å². The Morgan fingerprint density at radius 1 is 1.26 bits per heavy atom. The van der Waals surface area contributed by atoms with Gasteiger partial charge in [-0.25, -0.2) is 4.79 Å². The Labute approximate surface area is 165 Å². The first-order valence-electron chi connectivity index (χ1n) is 8.90. The number of amides is 4. The lowest BCUT2D eigenvalue weighted by Crippen LogP contribution is -2.52. The van der Waals surface area contributed by atoms with E-state index >= 15 is 0 Å². The molecule has 27 heavy (non-hydrogen) atoms. The molecule has 1 heterocycles. The van der Waals surface area contributed by atoms with Crippen molar-refractivity contribution in [3.63, 3.8) is 0 Å². The molecule has 9 heteroatoms. The number of urea groups is 1. The third kappa shape index (κ3) is 7.07. The first-order chi connectivity index (χ1) is 12.5.